The zero-order chi connectivity index (χ0) is 49.3. The number of benzene rings is 2. The van der Waals surface area contributed by atoms with Gasteiger partial charge in [-0.2, -0.15) is 0 Å². The van der Waals surface area contributed by atoms with Gasteiger partial charge in [-0.3, -0.25) is 14.8 Å². The molecule has 4 fully saturated rings. The molecule has 3 aromatic heterocycles. The summed E-state index contributed by atoms with van der Waals surface area (Å²) in [7, 11) is 0. The number of dihydropyridines is 1. The molecule has 7 heterocycles. The van der Waals surface area contributed by atoms with Crippen molar-refractivity contribution in [2.24, 2.45) is 34.4 Å². The Labute approximate surface area is 419 Å². The summed E-state index contributed by atoms with van der Waals surface area (Å²) in [4.78, 5) is 25.6. The van der Waals surface area contributed by atoms with Crippen LogP contribution in [0.15, 0.2) is 108 Å². The molecule has 2 bridgehead atoms. The number of H-pyrrole nitrogens is 1. The lowest BCUT2D eigenvalue weighted by Crippen LogP contribution is -2.67. The molecule has 376 valence electrons. The molecule has 16 nitrogen and oxygen atoms in total. The Kier molecular flexibility index (Phi) is 13.1. The van der Waals surface area contributed by atoms with Crippen molar-refractivity contribution >= 4 is 22.8 Å². The second-order valence-electron chi connectivity index (χ2n) is 20.4. The second kappa shape index (κ2) is 20.1. The van der Waals surface area contributed by atoms with Crippen molar-refractivity contribution in [2.75, 3.05) is 19.7 Å². The number of ether oxygens (including phenoxy) is 4. The summed E-state index contributed by atoms with van der Waals surface area (Å²) in [6.07, 6.45) is 19.8. The minimum absolute atomic E-state index is 0.0678. The standard InChI is InChI=1S/C56H64N8O8/c1-33(65)70-48-28-47(39-26-45(67)53(68)50(27-39)69-22-16-35-6-3-18-58-30-35)72-54-40(48)11-9-37-10-12-42-46(71-49-24-36(23-41(37)54)8-13-44(49)66)7-2-17-56(42)29-52(64-31-38-15-21-59-43(38)32-64)62-55(63-56)61-19-4-5-34-14-20-60-51(57)25-34/h3,6,8,13-15,18,21,24-27,30-32,37,40-42,46-48,52,54,59-60,66-68H,2,4-5,7,9,11,16-17,19-20,22-23,28-29,57H2,1H3,(H2,61,62,63). The number of hydrogen-bond acceptors (Lipinski definition) is 12. The Balaban J connectivity index is 0.929. The number of esters is 1. The van der Waals surface area contributed by atoms with Gasteiger partial charge in [-0.25, -0.2) is 0 Å². The van der Waals surface area contributed by atoms with Gasteiger partial charge >= 0.3 is 5.97 Å². The summed E-state index contributed by atoms with van der Waals surface area (Å²) in [5, 5.41) is 45.5. The third-order valence-corrected chi connectivity index (χ3v) is 15.7. The molecule has 2 saturated heterocycles. The maximum Gasteiger partial charge on any atom is 0.302 e. The van der Waals surface area contributed by atoms with Gasteiger partial charge in [-0.1, -0.05) is 30.0 Å². The Morgan fingerprint density at radius 3 is 2.82 bits per heavy atom. The molecule has 0 amide bonds. The third-order valence-electron chi connectivity index (χ3n) is 15.7. The number of nitrogens with zero attached hydrogens (tertiary/aromatic N) is 3. The summed E-state index contributed by atoms with van der Waals surface area (Å²) >= 11 is 0. The fourth-order valence-corrected chi connectivity index (χ4v) is 12.2. The maximum atomic E-state index is 12.8. The van der Waals surface area contributed by atoms with E-state index in [1.54, 1.807) is 24.5 Å². The normalized spacial score (nSPS) is 29.2. The lowest BCUT2D eigenvalue weighted by molar-refractivity contribution is -0.196. The number of aromatic nitrogens is 3. The molecule has 16 heteroatoms. The molecule has 5 aromatic rings. The number of nitrogens with two attached hydrogens (primary N) is 1. The van der Waals surface area contributed by atoms with Gasteiger partial charge in [0.15, 0.2) is 29.0 Å². The van der Waals surface area contributed by atoms with Crippen molar-refractivity contribution < 1.29 is 39.1 Å². The molecular formula is C56H64N8O8. The van der Waals surface area contributed by atoms with Crippen molar-refractivity contribution in [2.45, 2.75) is 114 Å². The van der Waals surface area contributed by atoms with Gasteiger partial charge in [-0.05, 0) is 116 Å². The Morgan fingerprint density at radius 2 is 1.97 bits per heavy atom. The van der Waals surface area contributed by atoms with Gasteiger partial charge in [0.25, 0.3) is 0 Å². The van der Waals surface area contributed by atoms with Crippen molar-refractivity contribution in [1.29, 1.82) is 0 Å². The summed E-state index contributed by atoms with van der Waals surface area (Å²) in [5.74, 6) is 8.05. The third kappa shape index (κ3) is 9.86. The topological polar surface area (TPSA) is 223 Å². The van der Waals surface area contributed by atoms with Crippen LogP contribution in [0.1, 0.15) is 93.7 Å². The van der Waals surface area contributed by atoms with Crippen LogP contribution in [0.2, 0.25) is 0 Å². The van der Waals surface area contributed by atoms with E-state index in [9.17, 15) is 20.1 Å². The number of aromatic amines is 1. The van der Waals surface area contributed by atoms with Crippen LogP contribution < -0.4 is 31.2 Å². The molecule has 10 atom stereocenters. The predicted molar refractivity (Wildman–Crippen MR) is 271 cm³/mol. The van der Waals surface area contributed by atoms with Crippen LogP contribution in [0.25, 0.3) is 10.9 Å². The van der Waals surface area contributed by atoms with Crippen LogP contribution in [-0.4, -0.2) is 85.3 Å². The maximum absolute atomic E-state index is 12.8. The van der Waals surface area contributed by atoms with Crippen molar-refractivity contribution in [3.8, 4) is 40.6 Å². The lowest BCUT2D eigenvalue weighted by Gasteiger charge is -2.51. The average molecular weight is 977 g/mol. The number of fused-ring (bicyclic) bond motifs is 8. The number of aliphatic imine (C=N–C) groups is 1. The van der Waals surface area contributed by atoms with E-state index >= 15 is 0 Å². The number of hydrogen-bond donors (Lipinski definition) is 8. The summed E-state index contributed by atoms with van der Waals surface area (Å²) < 4.78 is 28.7. The average Bonchev–Trinajstić information content (AvgIpc) is 3.99. The zero-order valence-corrected chi connectivity index (χ0v) is 40.6. The van der Waals surface area contributed by atoms with Crippen molar-refractivity contribution in [3.05, 3.63) is 120 Å². The molecule has 2 aliphatic carbocycles. The quantitative estimate of drug-likeness (QED) is 0.0282. The first-order valence-electron chi connectivity index (χ1n) is 25.6. The van der Waals surface area contributed by atoms with Gasteiger partial charge in [0, 0.05) is 93.4 Å². The first-order chi connectivity index (χ1) is 35.0. The number of allylic oxidation sites excluding steroid dienone is 2. The predicted octanol–water partition coefficient (Wildman–Crippen LogP) is 7.30. The van der Waals surface area contributed by atoms with Gasteiger partial charge in [-0.15, -0.1) is 0 Å². The number of phenols is 3. The van der Waals surface area contributed by atoms with E-state index in [1.807, 2.05) is 36.5 Å². The second-order valence-corrected chi connectivity index (χ2v) is 20.4. The molecule has 4 aliphatic heterocycles. The van der Waals surface area contributed by atoms with Gasteiger partial charge in [0.1, 0.15) is 18.4 Å². The van der Waals surface area contributed by atoms with E-state index < -0.39 is 23.9 Å². The van der Waals surface area contributed by atoms with Crippen LogP contribution in [0.3, 0.4) is 0 Å². The fourth-order valence-electron chi connectivity index (χ4n) is 12.2. The number of aromatic hydroxyl groups is 3. The van der Waals surface area contributed by atoms with Gasteiger partial charge in [0.2, 0.25) is 5.75 Å². The highest BCUT2D eigenvalue weighted by Gasteiger charge is 2.53. The van der Waals surface area contributed by atoms with Gasteiger partial charge < -0.3 is 65.5 Å². The van der Waals surface area contributed by atoms with Gasteiger partial charge in [0.05, 0.1) is 41.6 Å². The highest BCUT2D eigenvalue weighted by atomic mass is 16.6. The molecule has 0 radical (unpaired) electrons. The number of phenolic OH excluding ortho intramolecular Hbond substituents is 3. The molecular weight excluding hydrogens is 913 g/mol. The van der Waals surface area contributed by atoms with Crippen LogP contribution in [0.5, 0.6) is 28.7 Å². The van der Waals surface area contributed by atoms with E-state index in [1.165, 1.54) is 18.6 Å². The summed E-state index contributed by atoms with van der Waals surface area (Å²) in [6.45, 7) is 3.01. The summed E-state index contributed by atoms with van der Waals surface area (Å²) in [5.41, 5.74) is 10.3. The Morgan fingerprint density at radius 1 is 1.06 bits per heavy atom. The van der Waals surface area contributed by atoms with E-state index in [4.69, 9.17) is 29.7 Å². The van der Waals surface area contributed by atoms with Crippen LogP contribution in [0, 0.1) is 35.5 Å². The fraction of sp³-hybridized carbons (Fsp3) is 0.446. The van der Waals surface area contributed by atoms with Crippen molar-refractivity contribution in [1.82, 2.24) is 30.5 Å². The SMILES string of the molecule is CC(=O)OC1CC(c2cc(O)c(O)c(OCCc3cccnc3)c2)OC2C3Cc4ccc(O)c(c4)OC4CCCC5(CC(n6cc7cc[nH]c7c6)NC(=NCCCC6=CCNC(N)=C6)N5)C4C#CC3CCC12. The molecule has 72 heavy (non-hydrogen) atoms. The highest BCUT2D eigenvalue weighted by Crippen LogP contribution is 2.51. The number of carbonyl (C=O) groups excluding carboxylic acids is 1. The first-order valence-corrected chi connectivity index (χ1v) is 25.6. The molecule has 9 N–H and O–H groups in total. The molecule has 6 aliphatic rings. The molecule has 11 rings (SSSR count). The number of guanidine groups is 1. The summed E-state index contributed by atoms with van der Waals surface area (Å²) in [6, 6.07) is 14.7. The number of rotatable bonds is 11. The van der Waals surface area contributed by atoms with Crippen molar-refractivity contribution in [3.63, 3.8) is 0 Å². The number of pyridine rings is 1. The number of carbonyl (C=O) groups is 1. The van der Waals surface area contributed by atoms with E-state index in [0.717, 1.165) is 79.5 Å². The minimum atomic E-state index is -0.613. The first kappa shape index (κ1) is 47.1. The molecule has 1 spiro atoms. The minimum Gasteiger partial charge on any atom is -0.504 e. The molecule has 2 saturated carbocycles. The molecule has 2 aromatic carbocycles. The highest BCUT2D eigenvalue weighted by molar-refractivity contribution is 5.83. The largest absolute Gasteiger partial charge is 0.504 e. The smallest absolute Gasteiger partial charge is 0.302 e. The lowest BCUT2D eigenvalue weighted by atomic mass is 9.65. The van der Waals surface area contributed by atoms with Crippen LogP contribution in [0.4, 0.5) is 0 Å². The number of nitrogens with one attached hydrogen (secondary N) is 4. The van der Waals surface area contributed by atoms with E-state index in [0.29, 0.717) is 49.4 Å². The van der Waals surface area contributed by atoms with Crippen LogP contribution in [-0.2, 0) is 27.1 Å². The zero-order valence-electron chi connectivity index (χ0n) is 40.6. The molecule has 10 unspecified atom stereocenters. The van der Waals surface area contributed by atoms with E-state index in [2.05, 4.69) is 66.9 Å². The monoisotopic (exact) mass is 976 g/mol. The van der Waals surface area contributed by atoms with Crippen LogP contribution >= 0.6 is 0 Å². The van der Waals surface area contributed by atoms with E-state index in [-0.39, 0.29) is 71.5 Å². The Hall–Kier alpha value is -7.25. The Bertz CT molecular complexity index is 2930.